The Hall–Kier alpha value is -3.16. The smallest absolute Gasteiger partial charge is 0.321 e. The summed E-state index contributed by atoms with van der Waals surface area (Å²) in [7, 11) is 1.35. The first-order valence-electron chi connectivity index (χ1n) is 7.96. The van der Waals surface area contributed by atoms with E-state index in [2.05, 4.69) is 10.4 Å². The lowest BCUT2D eigenvalue weighted by Crippen LogP contribution is -2.15. The third-order valence-electron chi connectivity index (χ3n) is 4.08. The number of nitrogens with zero attached hydrogens (tertiary/aromatic N) is 2. The van der Waals surface area contributed by atoms with Crippen molar-refractivity contribution in [1.29, 1.82) is 0 Å². The molecule has 0 unspecified atom stereocenters. The fourth-order valence-electron chi connectivity index (χ4n) is 2.86. The maximum absolute atomic E-state index is 14.1. The Morgan fingerprint density at radius 1 is 1.04 bits per heavy atom. The average molecular weight is 377 g/mol. The minimum absolute atomic E-state index is 0.0794. The highest BCUT2D eigenvalue weighted by molar-refractivity contribution is 6.07. The minimum Gasteiger partial charge on any atom is -0.321 e. The number of amides is 1. The van der Waals surface area contributed by atoms with Crippen molar-refractivity contribution in [3.05, 3.63) is 71.3 Å². The molecular formula is C19H15F4N3O. The summed E-state index contributed by atoms with van der Waals surface area (Å²) in [6, 6.07) is 11.1. The van der Waals surface area contributed by atoms with E-state index in [1.807, 2.05) is 0 Å². The zero-order valence-electron chi connectivity index (χ0n) is 14.4. The molecule has 8 heteroatoms. The van der Waals surface area contributed by atoms with Crippen LogP contribution in [0.1, 0.15) is 21.6 Å². The van der Waals surface area contributed by atoms with Crippen molar-refractivity contribution in [3.63, 3.8) is 0 Å². The van der Waals surface area contributed by atoms with Gasteiger partial charge in [0.15, 0.2) is 0 Å². The molecule has 2 aromatic carbocycles. The van der Waals surface area contributed by atoms with E-state index < -0.39 is 23.6 Å². The van der Waals surface area contributed by atoms with Crippen LogP contribution in [0.2, 0.25) is 0 Å². The molecule has 0 aliphatic rings. The van der Waals surface area contributed by atoms with Gasteiger partial charge >= 0.3 is 6.18 Å². The monoisotopic (exact) mass is 377 g/mol. The van der Waals surface area contributed by atoms with Crippen LogP contribution in [0.5, 0.6) is 0 Å². The van der Waals surface area contributed by atoms with Crippen LogP contribution in [0, 0.1) is 12.9 Å². The summed E-state index contributed by atoms with van der Waals surface area (Å²) in [6.07, 6.45) is -4.56. The van der Waals surface area contributed by atoms with Crippen molar-refractivity contribution in [2.75, 3.05) is 5.32 Å². The number of hydrogen-bond donors (Lipinski definition) is 1. The molecule has 1 amide bonds. The largest absolute Gasteiger partial charge is 0.417 e. The quantitative estimate of drug-likeness (QED) is 0.666. The van der Waals surface area contributed by atoms with Gasteiger partial charge in [0.2, 0.25) is 5.95 Å². The Kier molecular flexibility index (Phi) is 4.73. The Morgan fingerprint density at radius 2 is 1.63 bits per heavy atom. The van der Waals surface area contributed by atoms with Crippen molar-refractivity contribution in [2.45, 2.75) is 13.1 Å². The molecule has 0 saturated heterocycles. The number of rotatable bonds is 3. The number of para-hydroxylation sites is 1. The highest BCUT2D eigenvalue weighted by atomic mass is 19.4. The number of carbonyl (C=O) groups is 1. The third-order valence-corrected chi connectivity index (χ3v) is 4.08. The second-order valence-electron chi connectivity index (χ2n) is 5.92. The van der Waals surface area contributed by atoms with Crippen LogP contribution in [0.3, 0.4) is 0 Å². The van der Waals surface area contributed by atoms with E-state index in [1.54, 1.807) is 12.1 Å². The van der Waals surface area contributed by atoms with Crippen LogP contribution < -0.4 is 5.32 Å². The maximum atomic E-state index is 14.1. The van der Waals surface area contributed by atoms with Crippen molar-refractivity contribution >= 4 is 11.6 Å². The summed E-state index contributed by atoms with van der Waals surface area (Å²) >= 11 is 0. The number of aryl methyl sites for hydroxylation is 2. The van der Waals surface area contributed by atoms with E-state index in [9.17, 15) is 22.4 Å². The summed E-state index contributed by atoms with van der Waals surface area (Å²) in [5, 5.41) is 6.33. The van der Waals surface area contributed by atoms with Crippen molar-refractivity contribution in [2.24, 2.45) is 7.05 Å². The number of aromatic nitrogens is 2. The van der Waals surface area contributed by atoms with Gasteiger partial charge in [0.05, 0.1) is 11.3 Å². The molecule has 0 saturated carbocycles. The molecule has 140 valence electrons. The molecule has 0 spiro atoms. The molecule has 0 aliphatic heterocycles. The molecule has 0 aliphatic carbocycles. The molecule has 0 radical (unpaired) electrons. The Balaban J connectivity index is 2.05. The van der Waals surface area contributed by atoms with Gasteiger partial charge in [0.25, 0.3) is 5.91 Å². The fraction of sp³-hybridized carbons (Fsp3) is 0.158. The SMILES string of the molecule is Cc1nn(C)c(F)c1C(=O)Nc1ccccc1-c1ccccc1C(F)(F)F. The second kappa shape index (κ2) is 6.86. The topological polar surface area (TPSA) is 46.9 Å². The number of nitrogens with one attached hydrogen (secondary N) is 1. The van der Waals surface area contributed by atoms with E-state index in [-0.39, 0.29) is 28.1 Å². The van der Waals surface area contributed by atoms with E-state index in [0.29, 0.717) is 0 Å². The van der Waals surface area contributed by atoms with Gasteiger partial charge in [-0.15, -0.1) is 0 Å². The Labute approximate surface area is 152 Å². The molecule has 27 heavy (non-hydrogen) atoms. The van der Waals surface area contributed by atoms with Crippen molar-refractivity contribution in [3.8, 4) is 11.1 Å². The van der Waals surface area contributed by atoms with Gasteiger partial charge < -0.3 is 5.32 Å². The summed E-state index contributed by atoms with van der Waals surface area (Å²) < 4.78 is 55.1. The summed E-state index contributed by atoms with van der Waals surface area (Å²) in [6.45, 7) is 1.48. The molecule has 0 fully saturated rings. The maximum Gasteiger partial charge on any atom is 0.417 e. The third kappa shape index (κ3) is 3.55. The normalized spacial score (nSPS) is 11.5. The first-order valence-corrected chi connectivity index (χ1v) is 7.96. The van der Waals surface area contributed by atoms with Gasteiger partial charge in [0.1, 0.15) is 5.56 Å². The Bertz CT molecular complexity index is 1010. The minimum atomic E-state index is -4.56. The van der Waals surface area contributed by atoms with E-state index in [4.69, 9.17) is 0 Å². The van der Waals surface area contributed by atoms with Crippen molar-refractivity contribution < 1.29 is 22.4 Å². The standard InChI is InChI=1S/C19H15F4N3O/c1-11-16(17(20)26(2)25-11)18(27)24-15-10-6-4-8-13(15)12-7-3-5-9-14(12)19(21,22)23/h3-10H,1-2H3,(H,24,27). The second-order valence-corrected chi connectivity index (χ2v) is 5.92. The summed E-state index contributed by atoms with van der Waals surface area (Å²) in [5.74, 6) is -1.60. The molecule has 3 rings (SSSR count). The van der Waals surface area contributed by atoms with Gasteiger partial charge in [-0.1, -0.05) is 36.4 Å². The zero-order valence-corrected chi connectivity index (χ0v) is 14.4. The van der Waals surface area contributed by atoms with Crippen LogP contribution >= 0.6 is 0 Å². The van der Waals surface area contributed by atoms with Crippen LogP contribution in [-0.2, 0) is 13.2 Å². The molecule has 4 nitrogen and oxygen atoms in total. The number of alkyl halides is 3. The zero-order chi connectivity index (χ0) is 19.8. The lowest BCUT2D eigenvalue weighted by Gasteiger charge is -2.16. The van der Waals surface area contributed by atoms with Crippen LogP contribution in [0.15, 0.2) is 48.5 Å². The number of carbonyl (C=O) groups excluding carboxylic acids is 1. The first-order chi connectivity index (χ1) is 12.7. The van der Waals surface area contributed by atoms with Crippen molar-refractivity contribution in [1.82, 2.24) is 9.78 Å². The highest BCUT2D eigenvalue weighted by Crippen LogP contribution is 2.39. The average Bonchev–Trinajstić information content (AvgIpc) is 2.87. The fourth-order valence-corrected chi connectivity index (χ4v) is 2.86. The van der Waals surface area contributed by atoms with Gasteiger partial charge in [-0.2, -0.15) is 22.7 Å². The van der Waals surface area contributed by atoms with Crippen LogP contribution in [-0.4, -0.2) is 15.7 Å². The van der Waals surface area contributed by atoms with E-state index in [0.717, 1.165) is 10.7 Å². The molecule has 1 aromatic heterocycles. The number of anilines is 1. The summed E-state index contributed by atoms with van der Waals surface area (Å²) in [4.78, 5) is 12.5. The molecule has 0 atom stereocenters. The van der Waals surface area contributed by atoms with Crippen LogP contribution in [0.25, 0.3) is 11.1 Å². The number of hydrogen-bond acceptors (Lipinski definition) is 2. The van der Waals surface area contributed by atoms with E-state index >= 15 is 0 Å². The molecule has 0 bridgehead atoms. The molecule has 3 aromatic rings. The van der Waals surface area contributed by atoms with Gasteiger partial charge in [0, 0.05) is 18.3 Å². The van der Waals surface area contributed by atoms with E-state index in [1.165, 1.54) is 44.3 Å². The lowest BCUT2D eigenvalue weighted by molar-refractivity contribution is -0.137. The predicted molar refractivity (Wildman–Crippen MR) is 92.7 cm³/mol. The highest BCUT2D eigenvalue weighted by Gasteiger charge is 2.34. The van der Waals surface area contributed by atoms with Gasteiger partial charge in [-0.05, 0) is 24.6 Å². The molecule has 1 heterocycles. The predicted octanol–water partition coefficient (Wildman–Crippen LogP) is 4.81. The Morgan fingerprint density at radius 3 is 2.22 bits per heavy atom. The summed E-state index contributed by atoms with van der Waals surface area (Å²) in [5.41, 5.74) is -0.653. The number of benzene rings is 2. The van der Waals surface area contributed by atoms with Gasteiger partial charge in [-0.25, -0.2) is 4.68 Å². The van der Waals surface area contributed by atoms with Crippen LogP contribution in [0.4, 0.5) is 23.2 Å². The molecule has 1 N–H and O–H groups in total. The van der Waals surface area contributed by atoms with Gasteiger partial charge in [-0.3, -0.25) is 4.79 Å². The lowest BCUT2D eigenvalue weighted by atomic mass is 9.97. The number of halogens is 4. The first kappa shape index (κ1) is 18.6. The molecular weight excluding hydrogens is 362 g/mol.